The van der Waals surface area contributed by atoms with Gasteiger partial charge in [0.25, 0.3) is 11.6 Å². The number of hydrogen-bond acceptors (Lipinski definition) is 4. The van der Waals surface area contributed by atoms with Crippen LogP contribution in [0.15, 0.2) is 18.2 Å². The summed E-state index contributed by atoms with van der Waals surface area (Å²) in [6, 6.07) is 4.03. The van der Waals surface area contributed by atoms with Gasteiger partial charge < -0.3 is 10.1 Å². The molecule has 0 unspecified atom stereocenters. The average molecular weight is 306 g/mol. The van der Waals surface area contributed by atoms with E-state index in [0.717, 1.165) is 18.8 Å². The third-order valence-electron chi connectivity index (χ3n) is 4.19. The molecule has 1 aromatic carbocycles. The first kappa shape index (κ1) is 16.3. The lowest BCUT2D eigenvalue weighted by atomic mass is 10.0. The Labute approximate surface area is 130 Å². The van der Waals surface area contributed by atoms with E-state index in [-0.39, 0.29) is 17.2 Å². The summed E-state index contributed by atoms with van der Waals surface area (Å²) in [7, 11) is 1.44. The Morgan fingerprint density at radius 2 is 2.14 bits per heavy atom. The van der Waals surface area contributed by atoms with Gasteiger partial charge in [-0.1, -0.05) is 25.7 Å². The number of nitro groups is 1. The van der Waals surface area contributed by atoms with Crippen molar-refractivity contribution in [2.24, 2.45) is 5.92 Å². The minimum Gasteiger partial charge on any atom is -0.496 e. The average Bonchev–Trinajstić information content (AvgIpc) is 3.04. The molecule has 22 heavy (non-hydrogen) atoms. The molecule has 6 nitrogen and oxygen atoms in total. The van der Waals surface area contributed by atoms with Gasteiger partial charge in [0.05, 0.1) is 17.6 Å². The van der Waals surface area contributed by atoms with Crippen LogP contribution in [0.25, 0.3) is 0 Å². The first-order chi connectivity index (χ1) is 10.6. The van der Waals surface area contributed by atoms with Gasteiger partial charge in [-0.25, -0.2) is 0 Å². The fraction of sp³-hybridized carbons (Fsp3) is 0.562. The van der Waals surface area contributed by atoms with E-state index < -0.39 is 4.92 Å². The van der Waals surface area contributed by atoms with Crippen molar-refractivity contribution in [1.82, 2.24) is 5.32 Å². The molecule has 0 atom stereocenters. The second kappa shape index (κ2) is 7.77. The van der Waals surface area contributed by atoms with E-state index >= 15 is 0 Å². The van der Waals surface area contributed by atoms with Gasteiger partial charge in [-0.3, -0.25) is 14.9 Å². The Morgan fingerprint density at radius 1 is 1.41 bits per heavy atom. The number of carbonyl (C=O) groups is 1. The molecule has 0 aromatic heterocycles. The minimum atomic E-state index is -0.518. The number of non-ortho nitro benzene ring substituents is 1. The zero-order valence-electron chi connectivity index (χ0n) is 12.8. The fourth-order valence-electron chi connectivity index (χ4n) is 2.97. The Bertz CT molecular complexity index is 539. The van der Waals surface area contributed by atoms with Crippen LogP contribution in [0.5, 0.6) is 5.75 Å². The van der Waals surface area contributed by atoms with E-state index in [1.165, 1.54) is 51.0 Å². The van der Waals surface area contributed by atoms with Crippen molar-refractivity contribution >= 4 is 11.6 Å². The van der Waals surface area contributed by atoms with Crippen LogP contribution in [0.3, 0.4) is 0 Å². The topological polar surface area (TPSA) is 81.5 Å². The number of ether oxygens (including phenoxy) is 1. The standard InChI is InChI=1S/C16H22N2O4/c1-22-15-9-8-13(18(20)21)11-14(15)16(19)17-10-4-7-12-5-2-3-6-12/h8-9,11-12H,2-7,10H2,1H3,(H,17,19). The molecule has 6 heteroatoms. The largest absolute Gasteiger partial charge is 0.496 e. The quantitative estimate of drug-likeness (QED) is 0.476. The van der Waals surface area contributed by atoms with Crippen molar-refractivity contribution in [3.8, 4) is 5.75 Å². The highest BCUT2D eigenvalue weighted by molar-refractivity contribution is 5.97. The van der Waals surface area contributed by atoms with Gasteiger partial charge in [-0.15, -0.1) is 0 Å². The monoisotopic (exact) mass is 306 g/mol. The summed E-state index contributed by atoms with van der Waals surface area (Å²) >= 11 is 0. The maximum Gasteiger partial charge on any atom is 0.270 e. The smallest absolute Gasteiger partial charge is 0.270 e. The maximum atomic E-state index is 12.2. The SMILES string of the molecule is COc1ccc([N+](=O)[O-])cc1C(=O)NCCCC1CCCC1. The Morgan fingerprint density at radius 3 is 2.77 bits per heavy atom. The first-order valence-corrected chi connectivity index (χ1v) is 7.72. The Hall–Kier alpha value is -2.11. The van der Waals surface area contributed by atoms with Crippen LogP contribution in [0.4, 0.5) is 5.69 Å². The van der Waals surface area contributed by atoms with Crippen molar-refractivity contribution < 1.29 is 14.5 Å². The molecule has 2 rings (SSSR count). The molecule has 1 fully saturated rings. The van der Waals surface area contributed by atoms with Crippen LogP contribution in [0.1, 0.15) is 48.9 Å². The molecule has 1 N–H and O–H groups in total. The molecule has 1 aromatic rings. The second-order valence-electron chi connectivity index (χ2n) is 5.69. The van der Waals surface area contributed by atoms with Gasteiger partial charge in [0, 0.05) is 18.7 Å². The van der Waals surface area contributed by atoms with Crippen LogP contribution in [-0.4, -0.2) is 24.5 Å². The zero-order valence-corrected chi connectivity index (χ0v) is 12.8. The number of nitrogens with one attached hydrogen (secondary N) is 1. The molecule has 1 aliphatic carbocycles. The number of hydrogen-bond donors (Lipinski definition) is 1. The van der Waals surface area contributed by atoms with Gasteiger partial charge in [0.2, 0.25) is 0 Å². The summed E-state index contributed by atoms with van der Waals surface area (Å²) < 4.78 is 5.11. The van der Waals surface area contributed by atoms with Gasteiger partial charge in [-0.05, 0) is 24.8 Å². The molecule has 0 bridgehead atoms. The maximum absolute atomic E-state index is 12.2. The summed E-state index contributed by atoms with van der Waals surface area (Å²) in [5.74, 6) is 0.815. The van der Waals surface area contributed by atoms with Crippen molar-refractivity contribution in [2.75, 3.05) is 13.7 Å². The van der Waals surface area contributed by atoms with Crippen LogP contribution in [0, 0.1) is 16.0 Å². The number of nitrogens with zero attached hydrogens (tertiary/aromatic N) is 1. The highest BCUT2D eigenvalue weighted by Crippen LogP contribution is 2.28. The molecule has 1 saturated carbocycles. The van der Waals surface area contributed by atoms with Crippen molar-refractivity contribution in [2.45, 2.75) is 38.5 Å². The lowest BCUT2D eigenvalue weighted by Gasteiger charge is -2.11. The highest BCUT2D eigenvalue weighted by Gasteiger charge is 2.18. The molecule has 1 aliphatic rings. The van der Waals surface area contributed by atoms with Crippen molar-refractivity contribution in [3.63, 3.8) is 0 Å². The zero-order chi connectivity index (χ0) is 15.9. The van der Waals surface area contributed by atoms with Crippen molar-refractivity contribution in [1.29, 1.82) is 0 Å². The Balaban J connectivity index is 1.90. The van der Waals surface area contributed by atoms with E-state index in [9.17, 15) is 14.9 Å². The van der Waals surface area contributed by atoms with Crippen molar-refractivity contribution in [3.05, 3.63) is 33.9 Å². The molecular weight excluding hydrogens is 284 g/mol. The lowest BCUT2D eigenvalue weighted by Crippen LogP contribution is -2.25. The number of amides is 1. The van der Waals surface area contributed by atoms with Crippen LogP contribution in [0.2, 0.25) is 0 Å². The molecule has 0 saturated heterocycles. The van der Waals surface area contributed by atoms with E-state index in [1.54, 1.807) is 0 Å². The van der Waals surface area contributed by atoms with E-state index in [2.05, 4.69) is 5.32 Å². The summed E-state index contributed by atoms with van der Waals surface area (Å²) in [6.07, 6.45) is 7.31. The normalized spacial score (nSPS) is 14.8. The summed E-state index contributed by atoms with van der Waals surface area (Å²) in [4.78, 5) is 22.5. The Kier molecular flexibility index (Phi) is 5.75. The van der Waals surface area contributed by atoms with Crippen LogP contribution >= 0.6 is 0 Å². The van der Waals surface area contributed by atoms with Gasteiger partial charge in [0.15, 0.2) is 0 Å². The van der Waals surface area contributed by atoms with E-state index in [1.807, 2.05) is 0 Å². The predicted molar refractivity (Wildman–Crippen MR) is 83.2 cm³/mol. The number of rotatable bonds is 7. The molecule has 120 valence electrons. The third kappa shape index (κ3) is 4.19. The van der Waals surface area contributed by atoms with Gasteiger partial charge in [0.1, 0.15) is 5.75 Å². The molecule has 0 aliphatic heterocycles. The molecular formula is C16H22N2O4. The van der Waals surface area contributed by atoms with E-state index in [0.29, 0.717) is 12.3 Å². The van der Waals surface area contributed by atoms with Crippen LogP contribution < -0.4 is 10.1 Å². The summed E-state index contributed by atoms with van der Waals surface area (Å²) in [5.41, 5.74) is 0.0921. The summed E-state index contributed by atoms with van der Waals surface area (Å²) in [5, 5.41) is 13.6. The predicted octanol–water partition coefficient (Wildman–Crippen LogP) is 3.30. The number of nitro benzene ring substituents is 1. The van der Waals surface area contributed by atoms with E-state index in [4.69, 9.17) is 4.74 Å². The first-order valence-electron chi connectivity index (χ1n) is 7.72. The molecule has 0 radical (unpaired) electrons. The summed E-state index contributed by atoms with van der Waals surface area (Å²) in [6.45, 7) is 0.585. The number of benzene rings is 1. The molecule has 1 amide bonds. The number of methoxy groups -OCH3 is 1. The van der Waals surface area contributed by atoms with Crippen LogP contribution in [-0.2, 0) is 0 Å². The minimum absolute atomic E-state index is 0.114. The molecule has 0 heterocycles. The fourth-order valence-corrected chi connectivity index (χ4v) is 2.97. The second-order valence-corrected chi connectivity index (χ2v) is 5.69. The van der Waals surface area contributed by atoms with Gasteiger partial charge in [-0.2, -0.15) is 0 Å². The van der Waals surface area contributed by atoms with Gasteiger partial charge >= 0.3 is 0 Å². The molecule has 0 spiro atoms. The lowest BCUT2D eigenvalue weighted by molar-refractivity contribution is -0.384. The number of carbonyl (C=O) groups excluding carboxylic acids is 1. The third-order valence-corrected chi connectivity index (χ3v) is 4.19. The highest BCUT2D eigenvalue weighted by atomic mass is 16.6.